The van der Waals surface area contributed by atoms with Crippen molar-refractivity contribution < 1.29 is 8.83 Å². The minimum atomic E-state index is 0.590. The van der Waals surface area contributed by atoms with Crippen LogP contribution in [0.15, 0.2) is 130 Å². The highest BCUT2D eigenvalue weighted by molar-refractivity contribution is 6.12. The first-order valence-corrected chi connectivity index (χ1v) is 13.6. The molecule has 0 saturated carbocycles. The summed E-state index contributed by atoms with van der Waals surface area (Å²) in [5.74, 6) is 0. The molecule has 0 spiro atoms. The van der Waals surface area contributed by atoms with Gasteiger partial charge in [0.25, 0.3) is 0 Å². The molecule has 2 heterocycles. The summed E-state index contributed by atoms with van der Waals surface area (Å²) in [6.07, 6.45) is 0. The molecule has 2 aromatic heterocycles. The van der Waals surface area contributed by atoms with E-state index in [0.29, 0.717) is 11.1 Å². The van der Waals surface area contributed by atoms with Crippen molar-refractivity contribution in [3.63, 3.8) is 0 Å². The third kappa shape index (κ3) is 3.60. The Bertz CT molecular complexity index is 2450. The van der Waals surface area contributed by atoms with E-state index in [1.807, 2.05) is 66.7 Å². The molecule has 0 N–H and O–H groups in total. The van der Waals surface area contributed by atoms with Gasteiger partial charge in [0.15, 0.2) is 0 Å². The Balaban J connectivity index is 1.43. The van der Waals surface area contributed by atoms with E-state index >= 15 is 0 Å². The fourth-order valence-corrected chi connectivity index (χ4v) is 6.00. The molecule has 0 aliphatic carbocycles. The van der Waals surface area contributed by atoms with Gasteiger partial charge < -0.3 is 8.83 Å². The van der Waals surface area contributed by atoms with Gasteiger partial charge in [0, 0.05) is 32.7 Å². The van der Waals surface area contributed by atoms with Gasteiger partial charge in [0.05, 0.1) is 23.3 Å². The standard InChI is InChI=1S/C38H20N2O2/c39-21-23-15-16-36-34(17-23)33-13-6-11-30(38(33)42-36)27-19-25(28-8-2-1-7-24(28)22-40)18-26(20-27)29-10-5-12-32-31-9-3-4-14-35(31)41-37(29)32/h1-20H. The van der Waals surface area contributed by atoms with E-state index in [1.54, 1.807) is 6.07 Å². The van der Waals surface area contributed by atoms with E-state index in [1.165, 1.54) is 0 Å². The lowest BCUT2D eigenvalue weighted by Gasteiger charge is -2.13. The van der Waals surface area contributed by atoms with Gasteiger partial charge in [-0.2, -0.15) is 10.5 Å². The Morgan fingerprint density at radius 1 is 0.429 bits per heavy atom. The Labute approximate surface area is 240 Å². The Hall–Kier alpha value is -6.10. The molecule has 42 heavy (non-hydrogen) atoms. The van der Waals surface area contributed by atoms with Gasteiger partial charge in [-0.15, -0.1) is 0 Å². The van der Waals surface area contributed by atoms with Crippen LogP contribution in [0.4, 0.5) is 0 Å². The molecular formula is C38H20N2O2. The molecule has 0 radical (unpaired) electrons. The van der Waals surface area contributed by atoms with Crippen molar-refractivity contribution in [2.45, 2.75) is 0 Å². The highest BCUT2D eigenvalue weighted by Crippen LogP contribution is 2.42. The normalized spacial score (nSPS) is 11.3. The van der Waals surface area contributed by atoms with Gasteiger partial charge in [-0.05, 0) is 70.8 Å². The minimum Gasteiger partial charge on any atom is -0.455 e. The molecule has 8 rings (SSSR count). The van der Waals surface area contributed by atoms with Crippen LogP contribution in [0.1, 0.15) is 11.1 Å². The largest absolute Gasteiger partial charge is 0.455 e. The quantitative estimate of drug-likeness (QED) is 0.225. The molecule has 0 bridgehead atoms. The Morgan fingerprint density at radius 3 is 1.67 bits per heavy atom. The second-order valence-corrected chi connectivity index (χ2v) is 10.3. The summed E-state index contributed by atoms with van der Waals surface area (Å²) in [7, 11) is 0. The van der Waals surface area contributed by atoms with Gasteiger partial charge in [0.2, 0.25) is 0 Å². The van der Waals surface area contributed by atoms with Gasteiger partial charge in [-0.1, -0.05) is 72.8 Å². The fraction of sp³-hybridized carbons (Fsp3) is 0. The summed E-state index contributed by atoms with van der Waals surface area (Å²) in [6, 6.07) is 44.5. The molecule has 0 saturated heterocycles. The maximum absolute atomic E-state index is 9.94. The second-order valence-electron chi connectivity index (χ2n) is 10.3. The number of hydrogen-bond acceptors (Lipinski definition) is 4. The summed E-state index contributed by atoms with van der Waals surface area (Å²) < 4.78 is 12.8. The lowest BCUT2D eigenvalue weighted by molar-refractivity contribution is 0.670. The highest BCUT2D eigenvalue weighted by Gasteiger charge is 2.18. The first kappa shape index (κ1) is 23.8. The lowest BCUT2D eigenvalue weighted by atomic mass is 9.90. The maximum Gasteiger partial charge on any atom is 0.143 e. The number of para-hydroxylation sites is 3. The first-order valence-electron chi connectivity index (χ1n) is 13.6. The van der Waals surface area contributed by atoms with Gasteiger partial charge in [-0.25, -0.2) is 0 Å². The molecule has 4 heteroatoms. The van der Waals surface area contributed by atoms with Crippen LogP contribution >= 0.6 is 0 Å². The van der Waals surface area contributed by atoms with E-state index in [9.17, 15) is 10.5 Å². The van der Waals surface area contributed by atoms with Gasteiger partial charge in [0.1, 0.15) is 22.3 Å². The monoisotopic (exact) mass is 536 g/mol. The Kier molecular flexibility index (Phi) is 5.22. The predicted molar refractivity (Wildman–Crippen MR) is 167 cm³/mol. The number of nitrogens with zero attached hydrogens (tertiary/aromatic N) is 2. The van der Waals surface area contributed by atoms with E-state index in [2.05, 4.69) is 60.7 Å². The van der Waals surface area contributed by atoms with Crippen LogP contribution in [-0.4, -0.2) is 0 Å². The summed E-state index contributed by atoms with van der Waals surface area (Å²) >= 11 is 0. The zero-order valence-electron chi connectivity index (χ0n) is 22.3. The zero-order chi connectivity index (χ0) is 28.2. The molecule has 194 valence electrons. The Morgan fingerprint density at radius 2 is 0.976 bits per heavy atom. The second kappa shape index (κ2) is 9.24. The number of rotatable bonds is 3. The molecule has 0 aliphatic rings. The summed E-state index contributed by atoms with van der Waals surface area (Å²) in [4.78, 5) is 0. The summed E-state index contributed by atoms with van der Waals surface area (Å²) in [5.41, 5.74) is 9.94. The van der Waals surface area contributed by atoms with Crippen molar-refractivity contribution in [1.29, 1.82) is 10.5 Å². The highest BCUT2D eigenvalue weighted by atomic mass is 16.3. The number of fused-ring (bicyclic) bond motifs is 6. The molecule has 8 aromatic rings. The predicted octanol–water partition coefficient (Wildman–Crippen LogP) is 10.2. The summed E-state index contributed by atoms with van der Waals surface area (Å²) in [5, 5.41) is 23.4. The molecule has 0 fully saturated rings. The van der Waals surface area contributed by atoms with Crippen molar-refractivity contribution in [2.24, 2.45) is 0 Å². The smallest absolute Gasteiger partial charge is 0.143 e. The fourth-order valence-electron chi connectivity index (χ4n) is 6.00. The van der Waals surface area contributed by atoms with Crippen molar-refractivity contribution in [3.05, 3.63) is 132 Å². The van der Waals surface area contributed by atoms with Crippen LogP contribution in [-0.2, 0) is 0 Å². The van der Waals surface area contributed by atoms with E-state index < -0.39 is 0 Å². The number of benzene rings is 6. The third-order valence-electron chi connectivity index (χ3n) is 7.94. The number of furan rings is 2. The van der Waals surface area contributed by atoms with Crippen molar-refractivity contribution >= 4 is 43.9 Å². The van der Waals surface area contributed by atoms with Crippen LogP contribution in [0, 0.1) is 22.7 Å². The molecule has 0 aliphatic heterocycles. The minimum absolute atomic E-state index is 0.590. The number of nitriles is 2. The van der Waals surface area contributed by atoms with E-state index in [4.69, 9.17) is 8.83 Å². The van der Waals surface area contributed by atoms with Crippen LogP contribution in [0.2, 0.25) is 0 Å². The third-order valence-corrected chi connectivity index (χ3v) is 7.94. The van der Waals surface area contributed by atoms with E-state index in [0.717, 1.165) is 77.3 Å². The van der Waals surface area contributed by atoms with Crippen molar-refractivity contribution in [2.75, 3.05) is 0 Å². The van der Waals surface area contributed by atoms with Crippen molar-refractivity contribution in [1.82, 2.24) is 0 Å². The number of hydrogen-bond donors (Lipinski definition) is 0. The summed E-state index contributed by atoms with van der Waals surface area (Å²) in [6.45, 7) is 0. The van der Waals surface area contributed by atoms with Gasteiger partial charge in [-0.3, -0.25) is 0 Å². The van der Waals surface area contributed by atoms with Gasteiger partial charge >= 0.3 is 0 Å². The average Bonchev–Trinajstić information content (AvgIpc) is 3.62. The first-order chi connectivity index (χ1) is 20.7. The molecule has 0 unspecified atom stereocenters. The van der Waals surface area contributed by atoms with Crippen LogP contribution in [0.5, 0.6) is 0 Å². The average molecular weight is 537 g/mol. The molecule has 0 amide bonds. The van der Waals surface area contributed by atoms with E-state index in [-0.39, 0.29) is 0 Å². The zero-order valence-corrected chi connectivity index (χ0v) is 22.3. The topological polar surface area (TPSA) is 73.9 Å². The molecule has 6 aromatic carbocycles. The lowest BCUT2D eigenvalue weighted by Crippen LogP contribution is -1.89. The van der Waals surface area contributed by atoms with Crippen LogP contribution < -0.4 is 0 Å². The molecule has 0 atom stereocenters. The van der Waals surface area contributed by atoms with Crippen molar-refractivity contribution in [3.8, 4) is 45.5 Å². The maximum atomic E-state index is 9.94. The molecular weight excluding hydrogens is 516 g/mol. The van der Waals surface area contributed by atoms with Crippen LogP contribution in [0.3, 0.4) is 0 Å². The van der Waals surface area contributed by atoms with Crippen LogP contribution in [0.25, 0.3) is 77.3 Å². The SMILES string of the molecule is N#Cc1ccc2oc3c(-c4cc(-c5ccccc5C#N)cc(-c5cccc6c5oc5ccccc56)c4)cccc3c2c1. The molecule has 4 nitrogen and oxygen atoms in total.